The van der Waals surface area contributed by atoms with Crippen molar-refractivity contribution >= 4 is 17.9 Å². The molecule has 2 aliphatic heterocycles. The molecule has 0 saturated carbocycles. The minimum atomic E-state index is -0.355. The number of rotatable bonds is 1. The van der Waals surface area contributed by atoms with Crippen LogP contribution in [-0.2, 0) is 9.59 Å². The molecular formula is C14H14N2O2. The summed E-state index contributed by atoms with van der Waals surface area (Å²) < 4.78 is 0. The Labute approximate surface area is 105 Å². The summed E-state index contributed by atoms with van der Waals surface area (Å²) in [5.74, 6) is -0.178. The van der Waals surface area contributed by atoms with E-state index in [9.17, 15) is 9.59 Å². The molecule has 0 aliphatic carbocycles. The largest absolute Gasteiger partial charge is 0.367 e. The summed E-state index contributed by atoms with van der Waals surface area (Å²) in [6.45, 7) is 0. The Morgan fingerprint density at radius 3 is 2.61 bits per heavy atom. The first kappa shape index (κ1) is 11.0. The molecule has 4 heteroatoms. The van der Waals surface area contributed by atoms with Gasteiger partial charge in [0.15, 0.2) is 0 Å². The van der Waals surface area contributed by atoms with Gasteiger partial charge < -0.3 is 5.32 Å². The van der Waals surface area contributed by atoms with Crippen LogP contribution in [0.5, 0.6) is 0 Å². The molecule has 4 nitrogen and oxygen atoms in total. The van der Waals surface area contributed by atoms with Crippen LogP contribution in [0, 0.1) is 0 Å². The Morgan fingerprint density at radius 1 is 1.11 bits per heavy atom. The lowest BCUT2D eigenvalue weighted by Crippen LogP contribution is -2.47. The first-order valence-corrected chi connectivity index (χ1v) is 6.14. The van der Waals surface area contributed by atoms with Crippen LogP contribution >= 0.6 is 0 Å². The zero-order valence-corrected chi connectivity index (χ0v) is 9.93. The molecule has 1 unspecified atom stereocenters. The van der Waals surface area contributed by atoms with Crippen molar-refractivity contribution in [3.63, 3.8) is 0 Å². The van der Waals surface area contributed by atoms with E-state index in [2.05, 4.69) is 5.32 Å². The van der Waals surface area contributed by atoms with Crippen LogP contribution in [-0.4, -0.2) is 16.7 Å². The van der Waals surface area contributed by atoms with Gasteiger partial charge in [-0.25, -0.2) is 0 Å². The van der Waals surface area contributed by atoms with Crippen molar-refractivity contribution < 1.29 is 9.59 Å². The molecule has 0 spiro atoms. The number of imide groups is 1. The van der Waals surface area contributed by atoms with E-state index in [1.165, 1.54) is 4.90 Å². The second kappa shape index (κ2) is 4.29. The SMILES string of the molecule is O=C1CCCC(=O)N1C1NC=Cc2ccccc21. The average molecular weight is 242 g/mol. The molecule has 2 aliphatic rings. The minimum Gasteiger partial charge on any atom is -0.367 e. The number of piperidine rings is 1. The summed E-state index contributed by atoms with van der Waals surface area (Å²) >= 11 is 0. The van der Waals surface area contributed by atoms with Crippen molar-refractivity contribution in [1.29, 1.82) is 0 Å². The maximum absolute atomic E-state index is 12.0. The van der Waals surface area contributed by atoms with Crippen LogP contribution in [0.3, 0.4) is 0 Å². The summed E-state index contributed by atoms with van der Waals surface area (Å²) in [7, 11) is 0. The molecular weight excluding hydrogens is 228 g/mol. The van der Waals surface area contributed by atoms with Crippen molar-refractivity contribution in [3.8, 4) is 0 Å². The Bertz CT molecular complexity index is 520. The summed E-state index contributed by atoms with van der Waals surface area (Å²) in [5.41, 5.74) is 2.02. The molecule has 92 valence electrons. The maximum atomic E-state index is 12.0. The monoisotopic (exact) mass is 242 g/mol. The lowest BCUT2D eigenvalue weighted by Gasteiger charge is -2.35. The highest BCUT2D eigenvalue weighted by molar-refractivity contribution is 5.98. The van der Waals surface area contributed by atoms with E-state index in [4.69, 9.17) is 0 Å². The lowest BCUT2D eigenvalue weighted by molar-refractivity contribution is -0.151. The van der Waals surface area contributed by atoms with E-state index in [0.29, 0.717) is 19.3 Å². The van der Waals surface area contributed by atoms with Crippen LogP contribution in [0.25, 0.3) is 6.08 Å². The second-order valence-electron chi connectivity index (χ2n) is 4.54. The van der Waals surface area contributed by atoms with Gasteiger partial charge in [-0.1, -0.05) is 24.3 Å². The maximum Gasteiger partial charge on any atom is 0.231 e. The molecule has 1 N–H and O–H groups in total. The molecule has 0 aromatic heterocycles. The summed E-state index contributed by atoms with van der Waals surface area (Å²) in [6.07, 6.45) is 4.96. The number of hydrogen-bond acceptors (Lipinski definition) is 3. The molecule has 2 amide bonds. The van der Waals surface area contributed by atoms with E-state index < -0.39 is 0 Å². The third-order valence-electron chi connectivity index (χ3n) is 3.38. The van der Waals surface area contributed by atoms with Gasteiger partial charge in [0, 0.05) is 18.4 Å². The van der Waals surface area contributed by atoms with Crippen molar-refractivity contribution in [2.45, 2.75) is 25.4 Å². The molecule has 1 saturated heterocycles. The van der Waals surface area contributed by atoms with E-state index in [1.54, 1.807) is 6.20 Å². The van der Waals surface area contributed by atoms with Gasteiger partial charge in [0.05, 0.1) is 0 Å². The van der Waals surface area contributed by atoms with Crippen molar-refractivity contribution in [1.82, 2.24) is 10.2 Å². The number of carbonyl (C=O) groups is 2. The molecule has 0 bridgehead atoms. The zero-order chi connectivity index (χ0) is 12.5. The standard InChI is InChI=1S/C14H14N2O2/c17-12-6-3-7-13(18)16(12)14-11-5-2-1-4-10(11)8-9-15-14/h1-2,4-5,8-9,14-15H,3,6-7H2. The van der Waals surface area contributed by atoms with Gasteiger partial charge in [0.2, 0.25) is 11.8 Å². The fraction of sp³-hybridized carbons (Fsp3) is 0.286. The number of benzene rings is 1. The smallest absolute Gasteiger partial charge is 0.231 e. The third kappa shape index (κ3) is 1.70. The molecule has 1 atom stereocenters. The summed E-state index contributed by atoms with van der Waals surface area (Å²) in [5, 5.41) is 3.11. The molecule has 1 aromatic rings. The fourth-order valence-corrected chi connectivity index (χ4v) is 2.50. The van der Waals surface area contributed by atoms with Crippen LogP contribution < -0.4 is 5.32 Å². The summed E-state index contributed by atoms with van der Waals surface area (Å²) in [6, 6.07) is 7.81. The number of carbonyl (C=O) groups excluding carboxylic acids is 2. The van der Waals surface area contributed by atoms with Crippen molar-refractivity contribution in [2.75, 3.05) is 0 Å². The number of nitrogens with one attached hydrogen (secondary N) is 1. The first-order valence-electron chi connectivity index (χ1n) is 6.14. The van der Waals surface area contributed by atoms with Crippen molar-refractivity contribution in [2.24, 2.45) is 0 Å². The van der Waals surface area contributed by atoms with E-state index >= 15 is 0 Å². The highest BCUT2D eigenvalue weighted by Gasteiger charge is 2.34. The number of fused-ring (bicyclic) bond motifs is 1. The Morgan fingerprint density at radius 2 is 1.83 bits per heavy atom. The van der Waals surface area contributed by atoms with Crippen LogP contribution in [0.15, 0.2) is 30.5 Å². The minimum absolute atomic E-state index is 0.0890. The predicted octanol–water partition coefficient (Wildman–Crippen LogP) is 1.80. The van der Waals surface area contributed by atoms with Gasteiger partial charge in [0.25, 0.3) is 0 Å². The lowest BCUT2D eigenvalue weighted by atomic mass is 9.99. The van der Waals surface area contributed by atoms with Crippen LogP contribution in [0.4, 0.5) is 0 Å². The average Bonchev–Trinajstić information content (AvgIpc) is 2.39. The number of nitrogens with zero attached hydrogens (tertiary/aromatic N) is 1. The molecule has 1 aromatic carbocycles. The number of likely N-dealkylation sites (tertiary alicyclic amines) is 1. The fourth-order valence-electron chi connectivity index (χ4n) is 2.50. The van der Waals surface area contributed by atoms with Crippen LogP contribution in [0.1, 0.15) is 36.6 Å². The molecule has 3 rings (SSSR count). The van der Waals surface area contributed by atoms with Gasteiger partial charge in [-0.15, -0.1) is 0 Å². The first-order chi connectivity index (χ1) is 8.77. The van der Waals surface area contributed by atoms with Gasteiger partial charge in [-0.05, 0) is 24.3 Å². The normalized spacial score (nSPS) is 22.7. The topological polar surface area (TPSA) is 49.4 Å². The molecule has 18 heavy (non-hydrogen) atoms. The van der Waals surface area contributed by atoms with E-state index in [1.807, 2.05) is 30.3 Å². The van der Waals surface area contributed by atoms with Crippen LogP contribution in [0.2, 0.25) is 0 Å². The van der Waals surface area contributed by atoms with E-state index in [0.717, 1.165) is 11.1 Å². The molecule has 1 fully saturated rings. The van der Waals surface area contributed by atoms with Gasteiger partial charge in [0.1, 0.15) is 6.17 Å². The van der Waals surface area contributed by atoms with Gasteiger partial charge in [-0.3, -0.25) is 14.5 Å². The number of hydrogen-bond donors (Lipinski definition) is 1. The van der Waals surface area contributed by atoms with Gasteiger partial charge in [-0.2, -0.15) is 0 Å². The number of amides is 2. The second-order valence-corrected chi connectivity index (χ2v) is 4.54. The van der Waals surface area contributed by atoms with Crippen molar-refractivity contribution in [3.05, 3.63) is 41.6 Å². The Balaban J connectivity index is 2.00. The Hall–Kier alpha value is -2.10. The third-order valence-corrected chi connectivity index (χ3v) is 3.38. The Kier molecular flexibility index (Phi) is 2.63. The highest BCUT2D eigenvalue weighted by atomic mass is 16.2. The molecule has 2 heterocycles. The quantitative estimate of drug-likeness (QED) is 0.764. The highest BCUT2D eigenvalue weighted by Crippen LogP contribution is 2.29. The summed E-state index contributed by atoms with van der Waals surface area (Å²) in [4.78, 5) is 25.3. The molecule has 0 radical (unpaired) electrons. The zero-order valence-electron chi connectivity index (χ0n) is 9.93. The predicted molar refractivity (Wildman–Crippen MR) is 67.1 cm³/mol. The van der Waals surface area contributed by atoms with E-state index in [-0.39, 0.29) is 18.0 Å². The van der Waals surface area contributed by atoms with Gasteiger partial charge >= 0.3 is 0 Å².